The van der Waals surface area contributed by atoms with Crippen molar-refractivity contribution in [2.24, 2.45) is 0 Å². The van der Waals surface area contributed by atoms with Crippen molar-refractivity contribution in [3.05, 3.63) is 69.2 Å². The molecule has 0 spiro atoms. The zero-order chi connectivity index (χ0) is 13.3. The summed E-state index contributed by atoms with van der Waals surface area (Å²) in [4.78, 5) is 0. The molecule has 0 fully saturated rings. The van der Waals surface area contributed by atoms with Crippen LogP contribution in [0.3, 0.4) is 0 Å². The van der Waals surface area contributed by atoms with Crippen LogP contribution in [0.4, 0.5) is 0 Å². The summed E-state index contributed by atoms with van der Waals surface area (Å²) in [7, 11) is 0. The second kappa shape index (κ2) is 5.13. The quantitative estimate of drug-likeness (QED) is 0.851. The first-order chi connectivity index (χ1) is 8.50. The number of aryl methyl sites for hydroxylation is 3. The highest BCUT2D eigenvalue weighted by atomic mass is 35.5. The summed E-state index contributed by atoms with van der Waals surface area (Å²) < 4.78 is 0. The lowest BCUT2D eigenvalue weighted by atomic mass is 9.92. The average Bonchev–Trinajstić information content (AvgIpc) is 2.27. The van der Waals surface area contributed by atoms with Crippen molar-refractivity contribution in [2.45, 2.75) is 26.9 Å². The molecule has 2 aromatic carbocycles. The molecule has 94 valence electrons. The van der Waals surface area contributed by atoms with E-state index in [0.29, 0.717) is 5.02 Å². The molecule has 2 aromatic rings. The molecule has 1 N–H and O–H groups in total. The Bertz CT molecular complexity index is 552. The van der Waals surface area contributed by atoms with Crippen LogP contribution in [0.1, 0.15) is 33.9 Å². The molecule has 1 atom stereocenters. The van der Waals surface area contributed by atoms with E-state index in [0.717, 1.165) is 22.3 Å². The van der Waals surface area contributed by atoms with E-state index in [1.807, 2.05) is 32.0 Å². The van der Waals surface area contributed by atoms with E-state index in [-0.39, 0.29) is 0 Å². The van der Waals surface area contributed by atoms with E-state index in [1.165, 1.54) is 5.56 Å². The van der Waals surface area contributed by atoms with Crippen LogP contribution in [-0.4, -0.2) is 5.11 Å². The Morgan fingerprint density at radius 1 is 1.00 bits per heavy atom. The largest absolute Gasteiger partial charge is 0.384 e. The predicted molar refractivity (Wildman–Crippen MR) is 76.2 cm³/mol. The molecule has 0 aliphatic rings. The van der Waals surface area contributed by atoms with Gasteiger partial charge in [0, 0.05) is 10.6 Å². The first kappa shape index (κ1) is 13.1. The van der Waals surface area contributed by atoms with Crippen molar-refractivity contribution in [1.82, 2.24) is 0 Å². The third-order valence-electron chi connectivity index (χ3n) is 3.21. The lowest BCUT2D eigenvalue weighted by Crippen LogP contribution is -2.05. The Kier molecular flexibility index (Phi) is 3.74. The van der Waals surface area contributed by atoms with Crippen LogP contribution in [0.2, 0.25) is 5.02 Å². The molecule has 0 saturated heterocycles. The molecular formula is C16H17ClO. The number of aliphatic hydroxyl groups is 1. The molecule has 0 aliphatic carbocycles. The fraction of sp³-hybridized carbons (Fsp3) is 0.250. The topological polar surface area (TPSA) is 20.2 Å². The predicted octanol–water partition coefficient (Wildman–Crippen LogP) is 4.35. The monoisotopic (exact) mass is 260 g/mol. The van der Waals surface area contributed by atoms with Gasteiger partial charge in [0.25, 0.3) is 0 Å². The Labute approximate surface area is 113 Å². The van der Waals surface area contributed by atoms with Gasteiger partial charge >= 0.3 is 0 Å². The maximum atomic E-state index is 10.5. The number of hydrogen-bond donors (Lipinski definition) is 1. The van der Waals surface area contributed by atoms with Gasteiger partial charge in [0.1, 0.15) is 6.10 Å². The molecule has 0 heterocycles. The van der Waals surface area contributed by atoms with Crippen LogP contribution in [0, 0.1) is 20.8 Å². The van der Waals surface area contributed by atoms with E-state index < -0.39 is 6.10 Å². The van der Waals surface area contributed by atoms with E-state index in [9.17, 15) is 5.11 Å². The maximum Gasteiger partial charge on any atom is 0.106 e. The highest BCUT2D eigenvalue weighted by Gasteiger charge is 2.17. The number of benzene rings is 2. The van der Waals surface area contributed by atoms with Crippen LogP contribution in [-0.2, 0) is 0 Å². The van der Waals surface area contributed by atoms with Gasteiger partial charge in [-0.05, 0) is 43.5 Å². The van der Waals surface area contributed by atoms with E-state index >= 15 is 0 Å². The first-order valence-electron chi connectivity index (χ1n) is 6.01. The summed E-state index contributed by atoms with van der Waals surface area (Å²) in [6.07, 6.45) is -0.667. The van der Waals surface area contributed by atoms with E-state index in [4.69, 9.17) is 11.6 Å². The fourth-order valence-corrected chi connectivity index (χ4v) is 2.71. The third kappa shape index (κ3) is 2.43. The van der Waals surface area contributed by atoms with Crippen molar-refractivity contribution in [2.75, 3.05) is 0 Å². The maximum absolute atomic E-state index is 10.5. The van der Waals surface area contributed by atoms with Crippen LogP contribution >= 0.6 is 11.6 Å². The van der Waals surface area contributed by atoms with Crippen molar-refractivity contribution in [1.29, 1.82) is 0 Å². The molecule has 1 nitrogen and oxygen atoms in total. The summed E-state index contributed by atoms with van der Waals surface area (Å²) in [5, 5.41) is 11.1. The molecule has 0 radical (unpaired) electrons. The lowest BCUT2D eigenvalue weighted by Gasteiger charge is -2.18. The van der Waals surface area contributed by atoms with Gasteiger partial charge in [-0.3, -0.25) is 0 Å². The van der Waals surface area contributed by atoms with Crippen LogP contribution in [0.5, 0.6) is 0 Å². The summed E-state index contributed by atoms with van der Waals surface area (Å²) in [5.41, 5.74) is 5.11. The molecule has 0 saturated carbocycles. The molecule has 2 heteroatoms. The second-order valence-corrected chi connectivity index (χ2v) is 5.14. The van der Waals surface area contributed by atoms with Crippen molar-refractivity contribution < 1.29 is 5.11 Å². The van der Waals surface area contributed by atoms with Gasteiger partial charge in [-0.1, -0.05) is 47.5 Å². The van der Waals surface area contributed by atoms with Crippen LogP contribution < -0.4 is 0 Å². The molecule has 0 bridgehead atoms. The van der Waals surface area contributed by atoms with Crippen LogP contribution in [0.25, 0.3) is 0 Å². The van der Waals surface area contributed by atoms with Gasteiger partial charge in [0.05, 0.1) is 0 Å². The fourth-order valence-electron chi connectivity index (χ4n) is 2.47. The van der Waals surface area contributed by atoms with E-state index in [2.05, 4.69) is 19.1 Å². The number of hydrogen-bond acceptors (Lipinski definition) is 1. The van der Waals surface area contributed by atoms with E-state index in [1.54, 1.807) is 6.07 Å². The summed E-state index contributed by atoms with van der Waals surface area (Å²) >= 11 is 6.14. The van der Waals surface area contributed by atoms with Gasteiger partial charge in [-0.25, -0.2) is 0 Å². The number of halogens is 1. The molecule has 0 aromatic heterocycles. The molecule has 0 aliphatic heterocycles. The summed E-state index contributed by atoms with van der Waals surface area (Å²) in [5.74, 6) is 0. The zero-order valence-electron chi connectivity index (χ0n) is 10.9. The standard InChI is InChI=1S/C16H17ClO/c1-10-8-11(2)15(12(3)9-10)16(18)13-6-4-5-7-14(13)17/h4-9,16,18H,1-3H3. The molecular weight excluding hydrogens is 244 g/mol. The minimum absolute atomic E-state index is 0.601. The normalized spacial score (nSPS) is 12.5. The lowest BCUT2D eigenvalue weighted by molar-refractivity contribution is 0.219. The first-order valence-corrected chi connectivity index (χ1v) is 6.38. The van der Waals surface area contributed by atoms with Crippen molar-refractivity contribution in [3.8, 4) is 0 Å². The summed E-state index contributed by atoms with van der Waals surface area (Å²) in [6, 6.07) is 11.6. The minimum Gasteiger partial charge on any atom is -0.384 e. The zero-order valence-corrected chi connectivity index (χ0v) is 11.6. The Morgan fingerprint density at radius 3 is 2.11 bits per heavy atom. The average molecular weight is 261 g/mol. The summed E-state index contributed by atoms with van der Waals surface area (Å²) in [6.45, 7) is 6.11. The Morgan fingerprint density at radius 2 is 1.56 bits per heavy atom. The van der Waals surface area contributed by atoms with Gasteiger partial charge in [-0.2, -0.15) is 0 Å². The third-order valence-corrected chi connectivity index (χ3v) is 3.56. The van der Waals surface area contributed by atoms with Crippen molar-refractivity contribution >= 4 is 11.6 Å². The number of aliphatic hydroxyl groups excluding tert-OH is 1. The highest BCUT2D eigenvalue weighted by Crippen LogP contribution is 2.32. The number of rotatable bonds is 2. The highest BCUT2D eigenvalue weighted by molar-refractivity contribution is 6.31. The SMILES string of the molecule is Cc1cc(C)c(C(O)c2ccccc2Cl)c(C)c1. The van der Waals surface area contributed by atoms with Crippen LogP contribution in [0.15, 0.2) is 36.4 Å². The minimum atomic E-state index is -0.667. The van der Waals surface area contributed by atoms with Gasteiger partial charge in [-0.15, -0.1) is 0 Å². The smallest absolute Gasteiger partial charge is 0.106 e. The van der Waals surface area contributed by atoms with Gasteiger partial charge in [0.2, 0.25) is 0 Å². The molecule has 0 amide bonds. The van der Waals surface area contributed by atoms with Gasteiger partial charge in [0.15, 0.2) is 0 Å². The molecule has 18 heavy (non-hydrogen) atoms. The van der Waals surface area contributed by atoms with Crippen molar-refractivity contribution in [3.63, 3.8) is 0 Å². The second-order valence-electron chi connectivity index (χ2n) is 4.74. The van der Waals surface area contributed by atoms with Gasteiger partial charge < -0.3 is 5.11 Å². The Balaban J connectivity index is 2.53. The molecule has 2 rings (SSSR count). The molecule has 1 unspecified atom stereocenters. The Hall–Kier alpha value is -1.31.